The first kappa shape index (κ1) is 12.8. The van der Waals surface area contributed by atoms with Gasteiger partial charge in [-0.15, -0.1) is 11.3 Å². The van der Waals surface area contributed by atoms with Crippen LogP contribution >= 0.6 is 11.3 Å². The fraction of sp³-hybridized carbons (Fsp3) is 0.0588. The summed E-state index contributed by atoms with van der Waals surface area (Å²) in [5.41, 5.74) is 1.27. The Bertz CT molecular complexity index is 830. The zero-order valence-corrected chi connectivity index (χ0v) is 11.5. The first-order chi connectivity index (χ1) is 9.63. The fourth-order valence-electron chi connectivity index (χ4n) is 2.08. The quantitative estimate of drug-likeness (QED) is 0.516. The van der Waals surface area contributed by atoms with Gasteiger partial charge in [0.1, 0.15) is 11.6 Å². The van der Waals surface area contributed by atoms with Crippen LogP contribution in [0.25, 0.3) is 10.1 Å². The molecule has 98 valence electrons. The van der Waals surface area contributed by atoms with Gasteiger partial charge in [-0.05, 0) is 25.1 Å². The zero-order valence-electron chi connectivity index (χ0n) is 10.7. The smallest absolute Gasteiger partial charge is 0.127 e. The van der Waals surface area contributed by atoms with E-state index in [1.807, 2.05) is 31.2 Å². The van der Waals surface area contributed by atoms with E-state index < -0.39 is 11.6 Å². The Morgan fingerprint density at radius 3 is 2.40 bits per heavy atom. The van der Waals surface area contributed by atoms with E-state index in [1.165, 1.54) is 16.8 Å². The summed E-state index contributed by atoms with van der Waals surface area (Å²) in [4.78, 5) is 1.11. The molecule has 0 nitrogen and oxygen atoms in total. The summed E-state index contributed by atoms with van der Waals surface area (Å²) in [5, 5.41) is 1.08. The van der Waals surface area contributed by atoms with E-state index in [4.69, 9.17) is 0 Å². The third-order valence-electron chi connectivity index (χ3n) is 2.97. The maximum Gasteiger partial charge on any atom is 0.127 e. The van der Waals surface area contributed by atoms with Crippen LogP contribution in [0, 0.1) is 30.4 Å². The number of fused-ring (bicyclic) bond motifs is 1. The molecule has 1 aromatic heterocycles. The van der Waals surface area contributed by atoms with E-state index in [1.54, 1.807) is 11.3 Å². The molecule has 0 amide bonds. The van der Waals surface area contributed by atoms with Crippen molar-refractivity contribution in [3.05, 3.63) is 70.1 Å². The molecule has 0 fully saturated rings. The third-order valence-corrected chi connectivity index (χ3v) is 4.05. The van der Waals surface area contributed by atoms with Crippen LogP contribution < -0.4 is 0 Å². The maximum absolute atomic E-state index is 13.1. The van der Waals surface area contributed by atoms with Crippen LogP contribution in [0.3, 0.4) is 0 Å². The van der Waals surface area contributed by atoms with E-state index in [9.17, 15) is 8.78 Å². The van der Waals surface area contributed by atoms with Gasteiger partial charge in [0, 0.05) is 32.2 Å². The van der Waals surface area contributed by atoms with Crippen LogP contribution in [0.5, 0.6) is 0 Å². The first-order valence-corrected chi connectivity index (χ1v) is 6.91. The van der Waals surface area contributed by atoms with Gasteiger partial charge in [0.2, 0.25) is 0 Å². The highest BCUT2D eigenvalue weighted by Gasteiger charge is 2.05. The monoisotopic (exact) mass is 284 g/mol. The number of benzene rings is 2. The number of hydrogen-bond acceptors (Lipinski definition) is 1. The molecule has 3 rings (SSSR count). The van der Waals surface area contributed by atoms with Crippen molar-refractivity contribution in [2.45, 2.75) is 6.92 Å². The summed E-state index contributed by atoms with van der Waals surface area (Å²) in [7, 11) is 0. The molecule has 0 radical (unpaired) electrons. The zero-order chi connectivity index (χ0) is 14.1. The van der Waals surface area contributed by atoms with Crippen molar-refractivity contribution in [3.63, 3.8) is 0 Å². The summed E-state index contributed by atoms with van der Waals surface area (Å²) >= 11 is 1.67. The maximum atomic E-state index is 13.1. The molecule has 0 saturated heterocycles. The summed E-state index contributed by atoms with van der Waals surface area (Å²) < 4.78 is 27.4. The first-order valence-electron chi connectivity index (χ1n) is 6.10. The van der Waals surface area contributed by atoms with Gasteiger partial charge in [-0.25, -0.2) is 8.78 Å². The van der Waals surface area contributed by atoms with Crippen LogP contribution in [-0.4, -0.2) is 0 Å². The second-order valence-electron chi connectivity index (χ2n) is 4.44. The number of aryl methyl sites for hydroxylation is 1. The van der Waals surface area contributed by atoms with E-state index >= 15 is 0 Å². The third kappa shape index (κ3) is 2.43. The number of hydrogen-bond donors (Lipinski definition) is 0. The Labute approximate surface area is 119 Å². The average Bonchev–Trinajstić information content (AvgIpc) is 2.71. The van der Waals surface area contributed by atoms with Crippen molar-refractivity contribution >= 4 is 21.4 Å². The van der Waals surface area contributed by atoms with Crippen LogP contribution in [0.15, 0.2) is 42.5 Å². The fourth-order valence-corrected chi connectivity index (χ4v) is 3.10. The SMILES string of the molecule is Cc1sc2ccccc2c1C#Cc1cc(F)cc(F)c1. The van der Waals surface area contributed by atoms with Crippen LogP contribution in [0.1, 0.15) is 16.0 Å². The molecule has 3 aromatic rings. The normalized spacial score (nSPS) is 10.3. The summed E-state index contributed by atoms with van der Waals surface area (Å²) in [5.74, 6) is 4.65. The van der Waals surface area contributed by atoms with Gasteiger partial charge < -0.3 is 0 Å². The molecule has 0 atom stereocenters. The predicted molar refractivity (Wildman–Crippen MR) is 78.9 cm³/mol. The lowest BCUT2D eigenvalue weighted by Gasteiger charge is -1.93. The molecule has 3 heteroatoms. The van der Waals surface area contributed by atoms with Crippen molar-refractivity contribution in [2.24, 2.45) is 0 Å². The number of rotatable bonds is 0. The van der Waals surface area contributed by atoms with E-state index in [0.717, 1.165) is 21.9 Å². The minimum absolute atomic E-state index is 0.345. The molecule has 0 N–H and O–H groups in total. The molecule has 0 unspecified atom stereocenters. The summed E-state index contributed by atoms with van der Waals surface area (Å²) in [6.45, 7) is 2.00. The standard InChI is InChI=1S/C17H10F2S/c1-11-15(16-4-2-3-5-17(16)20-11)7-6-12-8-13(18)10-14(19)9-12/h2-5,8-10H,1H3. The summed E-state index contributed by atoms with van der Waals surface area (Å²) in [6.07, 6.45) is 0. The Balaban J connectivity index is 2.10. The van der Waals surface area contributed by atoms with Gasteiger partial charge in [-0.3, -0.25) is 0 Å². The Morgan fingerprint density at radius 2 is 1.65 bits per heavy atom. The highest BCUT2D eigenvalue weighted by atomic mass is 32.1. The number of thiophene rings is 1. The lowest BCUT2D eigenvalue weighted by molar-refractivity contribution is 0.582. The molecule has 2 aromatic carbocycles. The number of halogens is 2. The second-order valence-corrected chi connectivity index (χ2v) is 5.69. The van der Waals surface area contributed by atoms with E-state index in [-0.39, 0.29) is 0 Å². The molecular weight excluding hydrogens is 274 g/mol. The van der Waals surface area contributed by atoms with Gasteiger partial charge in [0.15, 0.2) is 0 Å². The van der Waals surface area contributed by atoms with Gasteiger partial charge in [-0.2, -0.15) is 0 Å². The molecule has 0 aliphatic heterocycles. The molecule has 1 heterocycles. The largest absolute Gasteiger partial charge is 0.207 e. The van der Waals surface area contributed by atoms with Crippen molar-refractivity contribution in [2.75, 3.05) is 0 Å². The van der Waals surface area contributed by atoms with Crippen molar-refractivity contribution in [1.29, 1.82) is 0 Å². The highest BCUT2D eigenvalue weighted by molar-refractivity contribution is 7.19. The highest BCUT2D eigenvalue weighted by Crippen LogP contribution is 2.29. The molecule has 0 aliphatic rings. The summed E-state index contributed by atoms with van der Waals surface area (Å²) in [6, 6.07) is 11.3. The minimum Gasteiger partial charge on any atom is -0.207 e. The van der Waals surface area contributed by atoms with Crippen molar-refractivity contribution in [1.82, 2.24) is 0 Å². The molecule has 20 heavy (non-hydrogen) atoms. The molecule has 0 bridgehead atoms. The van der Waals surface area contributed by atoms with Crippen molar-refractivity contribution < 1.29 is 8.78 Å². The van der Waals surface area contributed by atoms with Crippen molar-refractivity contribution in [3.8, 4) is 11.8 Å². The van der Waals surface area contributed by atoms with Gasteiger partial charge in [-0.1, -0.05) is 30.0 Å². The molecular formula is C17H10F2S. The molecule has 0 saturated carbocycles. The molecule has 0 spiro atoms. The predicted octanol–water partition coefficient (Wildman–Crippen LogP) is 4.89. The van der Waals surface area contributed by atoms with E-state index in [2.05, 4.69) is 11.8 Å². The Kier molecular flexibility index (Phi) is 3.25. The lowest BCUT2D eigenvalue weighted by Crippen LogP contribution is -1.83. The van der Waals surface area contributed by atoms with E-state index in [0.29, 0.717) is 5.56 Å². The van der Waals surface area contributed by atoms with Crippen LogP contribution in [0.4, 0.5) is 8.78 Å². The second kappa shape index (κ2) is 5.07. The van der Waals surface area contributed by atoms with Gasteiger partial charge >= 0.3 is 0 Å². The van der Waals surface area contributed by atoms with Crippen LogP contribution in [0.2, 0.25) is 0 Å². The topological polar surface area (TPSA) is 0 Å². The van der Waals surface area contributed by atoms with Gasteiger partial charge in [0.05, 0.1) is 0 Å². The minimum atomic E-state index is -0.610. The van der Waals surface area contributed by atoms with Gasteiger partial charge in [0.25, 0.3) is 0 Å². The Hall–Kier alpha value is -2.18. The molecule has 0 aliphatic carbocycles. The van der Waals surface area contributed by atoms with Crippen LogP contribution in [-0.2, 0) is 0 Å². The Morgan fingerprint density at radius 1 is 0.950 bits per heavy atom. The average molecular weight is 284 g/mol. The lowest BCUT2D eigenvalue weighted by atomic mass is 10.1.